The fourth-order valence-corrected chi connectivity index (χ4v) is 3.23. The van der Waals surface area contributed by atoms with Gasteiger partial charge in [0.1, 0.15) is 0 Å². The zero-order valence-corrected chi connectivity index (χ0v) is 11.4. The van der Waals surface area contributed by atoms with Gasteiger partial charge in [0.25, 0.3) is 0 Å². The molecule has 4 heteroatoms. The molecule has 1 aliphatic carbocycles. The molecule has 1 N–H and O–H groups in total. The number of hydrogen-bond acceptors (Lipinski definition) is 3. The third kappa shape index (κ3) is 3.85. The van der Waals surface area contributed by atoms with Crippen molar-refractivity contribution in [2.45, 2.75) is 51.0 Å². The van der Waals surface area contributed by atoms with Crippen LogP contribution < -0.4 is 5.32 Å². The molecule has 0 spiro atoms. The maximum Gasteiger partial charge on any atom is 0.308 e. The first-order valence-corrected chi connectivity index (χ1v) is 6.62. The van der Waals surface area contributed by atoms with Gasteiger partial charge in [0.2, 0.25) is 0 Å². The average Bonchev–Trinajstić information content (AvgIpc) is 2.39. The number of nitrogens with one attached hydrogen (secondary N) is 1. The van der Waals surface area contributed by atoms with Crippen molar-refractivity contribution in [2.24, 2.45) is 11.8 Å². The number of piperidine rings is 1. The molecule has 2 atom stereocenters. The molecule has 0 aromatic heterocycles. The van der Waals surface area contributed by atoms with Crippen molar-refractivity contribution >= 4 is 18.4 Å². The number of methoxy groups -OCH3 is 1. The third-order valence-corrected chi connectivity index (χ3v) is 4.19. The Labute approximate surface area is 110 Å². The number of carbonyl (C=O) groups excluding carboxylic acids is 1. The summed E-state index contributed by atoms with van der Waals surface area (Å²) >= 11 is 0. The number of halogens is 1. The Hall–Kier alpha value is -0.280. The SMILES string of the molecule is COC(=O)C1CCNC(C2CCCCC2)C1.Cl. The van der Waals surface area contributed by atoms with E-state index in [-0.39, 0.29) is 24.3 Å². The molecule has 1 saturated heterocycles. The van der Waals surface area contributed by atoms with Gasteiger partial charge >= 0.3 is 5.97 Å². The zero-order chi connectivity index (χ0) is 11.4. The molecule has 0 bridgehead atoms. The first kappa shape index (κ1) is 14.8. The van der Waals surface area contributed by atoms with Gasteiger partial charge in [-0.05, 0) is 38.1 Å². The van der Waals surface area contributed by atoms with E-state index in [4.69, 9.17) is 4.74 Å². The van der Waals surface area contributed by atoms with Crippen LogP contribution in [-0.2, 0) is 9.53 Å². The minimum atomic E-state index is -0.0118. The summed E-state index contributed by atoms with van der Waals surface area (Å²) in [6.45, 7) is 0.973. The van der Waals surface area contributed by atoms with Gasteiger partial charge in [-0.25, -0.2) is 0 Å². The van der Waals surface area contributed by atoms with Crippen molar-refractivity contribution in [1.82, 2.24) is 5.32 Å². The Balaban J connectivity index is 0.00000144. The molecular weight excluding hydrogens is 238 g/mol. The summed E-state index contributed by atoms with van der Waals surface area (Å²) in [5.41, 5.74) is 0. The van der Waals surface area contributed by atoms with Crippen LogP contribution in [0.15, 0.2) is 0 Å². The van der Waals surface area contributed by atoms with E-state index in [0.717, 1.165) is 25.3 Å². The highest BCUT2D eigenvalue weighted by Crippen LogP contribution is 2.31. The summed E-state index contributed by atoms with van der Waals surface area (Å²) in [6, 6.07) is 0.554. The Kier molecular flexibility index (Phi) is 6.28. The maximum atomic E-state index is 11.5. The van der Waals surface area contributed by atoms with Gasteiger partial charge < -0.3 is 10.1 Å². The minimum absolute atomic E-state index is 0. The van der Waals surface area contributed by atoms with Gasteiger partial charge in [-0.3, -0.25) is 4.79 Å². The van der Waals surface area contributed by atoms with E-state index in [0.29, 0.717) is 6.04 Å². The van der Waals surface area contributed by atoms with Gasteiger partial charge in [-0.15, -0.1) is 12.4 Å². The van der Waals surface area contributed by atoms with Crippen LogP contribution in [0.4, 0.5) is 0 Å². The van der Waals surface area contributed by atoms with Crippen LogP contribution >= 0.6 is 12.4 Å². The van der Waals surface area contributed by atoms with Gasteiger partial charge in [-0.2, -0.15) is 0 Å². The number of esters is 1. The number of carbonyl (C=O) groups is 1. The second-order valence-corrected chi connectivity index (χ2v) is 5.20. The van der Waals surface area contributed by atoms with Crippen molar-refractivity contribution in [3.63, 3.8) is 0 Å². The Morgan fingerprint density at radius 1 is 1.18 bits per heavy atom. The van der Waals surface area contributed by atoms with Gasteiger partial charge in [-0.1, -0.05) is 19.3 Å². The van der Waals surface area contributed by atoms with Crippen LogP contribution in [-0.4, -0.2) is 25.7 Å². The second kappa shape index (κ2) is 7.22. The second-order valence-electron chi connectivity index (χ2n) is 5.20. The van der Waals surface area contributed by atoms with E-state index < -0.39 is 0 Å². The van der Waals surface area contributed by atoms with Crippen molar-refractivity contribution < 1.29 is 9.53 Å². The van der Waals surface area contributed by atoms with Crippen molar-refractivity contribution in [2.75, 3.05) is 13.7 Å². The van der Waals surface area contributed by atoms with Crippen LogP contribution in [0.5, 0.6) is 0 Å². The lowest BCUT2D eigenvalue weighted by Gasteiger charge is -2.36. The fraction of sp³-hybridized carbons (Fsp3) is 0.923. The first-order chi connectivity index (χ1) is 7.81. The van der Waals surface area contributed by atoms with Crippen LogP contribution in [0.3, 0.4) is 0 Å². The van der Waals surface area contributed by atoms with E-state index in [1.54, 1.807) is 0 Å². The lowest BCUT2D eigenvalue weighted by Crippen LogP contribution is -2.45. The summed E-state index contributed by atoms with van der Waals surface area (Å²) < 4.78 is 4.86. The summed E-state index contributed by atoms with van der Waals surface area (Å²) in [7, 11) is 1.50. The highest BCUT2D eigenvalue weighted by Gasteiger charge is 2.32. The largest absolute Gasteiger partial charge is 0.469 e. The molecule has 1 heterocycles. The quantitative estimate of drug-likeness (QED) is 0.777. The van der Waals surface area contributed by atoms with Crippen LogP contribution in [0.2, 0.25) is 0 Å². The molecule has 17 heavy (non-hydrogen) atoms. The summed E-state index contributed by atoms with van der Waals surface area (Å²) in [5.74, 6) is 0.918. The fourth-order valence-electron chi connectivity index (χ4n) is 3.23. The number of rotatable bonds is 2. The van der Waals surface area contributed by atoms with Crippen molar-refractivity contribution in [3.05, 3.63) is 0 Å². The lowest BCUT2D eigenvalue weighted by molar-refractivity contribution is -0.146. The monoisotopic (exact) mass is 261 g/mol. The summed E-state index contributed by atoms with van der Waals surface area (Å²) in [4.78, 5) is 11.5. The summed E-state index contributed by atoms with van der Waals surface area (Å²) in [5, 5.41) is 3.59. The molecular formula is C13H24ClNO2. The molecule has 2 fully saturated rings. The topological polar surface area (TPSA) is 38.3 Å². The molecule has 0 radical (unpaired) electrons. The smallest absolute Gasteiger partial charge is 0.308 e. The van der Waals surface area contributed by atoms with E-state index in [2.05, 4.69) is 5.32 Å². The molecule has 1 aliphatic heterocycles. The minimum Gasteiger partial charge on any atom is -0.469 e. The zero-order valence-electron chi connectivity index (χ0n) is 10.6. The lowest BCUT2D eigenvalue weighted by atomic mass is 9.78. The molecule has 2 rings (SSSR count). The van der Waals surface area contributed by atoms with Gasteiger partial charge in [0.15, 0.2) is 0 Å². The maximum absolute atomic E-state index is 11.5. The predicted molar refractivity (Wildman–Crippen MR) is 70.4 cm³/mol. The standard InChI is InChI=1S/C13H23NO2.ClH/c1-16-13(15)11-7-8-14-12(9-11)10-5-3-2-4-6-10;/h10-12,14H,2-9H2,1H3;1H. The van der Waals surface area contributed by atoms with E-state index in [9.17, 15) is 4.79 Å². The average molecular weight is 262 g/mol. The Morgan fingerprint density at radius 3 is 2.53 bits per heavy atom. The van der Waals surface area contributed by atoms with Crippen molar-refractivity contribution in [1.29, 1.82) is 0 Å². The van der Waals surface area contributed by atoms with E-state index in [1.165, 1.54) is 39.2 Å². The Bertz CT molecular complexity index is 242. The van der Waals surface area contributed by atoms with E-state index >= 15 is 0 Å². The van der Waals surface area contributed by atoms with Crippen LogP contribution in [0, 0.1) is 11.8 Å². The molecule has 1 saturated carbocycles. The first-order valence-electron chi connectivity index (χ1n) is 6.62. The number of ether oxygens (including phenoxy) is 1. The van der Waals surface area contributed by atoms with Crippen LogP contribution in [0.25, 0.3) is 0 Å². The Morgan fingerprint density at radius 2 is 1.88 bits per heavy atom. The highest BCUT2D eigenvalue weighted by atomic mass is 35.5. The molecule has 100 valence electrons. The van der Waals surface area contributed by atoms with E-state index in [1.807, 2.05) is 0 Å². The van der Waals surface area contributed by atoms with Gasteiger partial charge in [0, 0.05) is 6.04 Å². The normalized spacial score (nSPS) is 30.4. The highest BCUT2D eigenvalue weighted by molar-refractivity contribution is 5.85. The van der Waals surface area contributed by atoms with Crippen LogP contribution in [0.1, 0.15) is 44.9 Å². The molecule has 3 nitrogen and oxygen atoms in total. The molecule has 0 amide bonds. The van der Waals surface area contributed by atoms with Crippen molar-refractivity contribution in [3.8, 4) is 0 Å². The summed E-state index contributed by atoms with van der Waals surface area (Å²) in [6.07, 6.45) is 8.73. The third-order valence-electron chi connectivity index (χ3n) is 4.19. The molecule has 2 aliphatic rings. The van der Waals surface area contributed by atoms with Gasteiger partial charge in [0.05, 0.1) is 13.0 Å². The predicted octanol–water partition coefficient (Wildman–Crippen LogP) is 2.53. The molecule has 0 aromatic carbocycles. The molecule has 0 aromatic rings. The molecule has 2 unspecified atom stereocenters. The number of hydrogen-bond donors (Lipinski definition) is 1.